The van der Waals surface area contributed by atoms with Gasteiger partial charge in [0.25, 0.3) is 11.8 Å². The number of carbonyl (C=O) groups is 2. The zero-order valence-electron chi connectivity index (χ0n) is 20.8. The predicted molar refractivity (Wildman–Crippen MR) is 153 cm³/mol. The van der Waals surface area contributed by atoms with Crippen LogP contribution in [0, 0.1) is 6.92 Å². The third kappa shape index (κ3) is 3.98. The van der Waals surface area contributed by atoms with Gasteiger partial charge in [0.15, 0.2) is 0 Å². The highest BCUT2D eigenvalue weighted by atomic mass is 35.5. The fourth-order valence-corrected chi connectivity index (χ4v) is 5.82. The molecule has 4 aromatic carbocycles. The van der Waals surface area contributed by atoms with Crippen LogP contribution in [0.15, 0.2) is 72.3 Å². The standard InChI is InChI=1S/C31H26ClN3O3/c1-17-3-2-4-25-27(36)14-26-29(28(17)25)22(15-32)16-35(26)31(38)19-6-5-18-11-21(13-20(18)12-19)30(37)34-24-9-7-23(33)8-10-24/h2-10,12-14,22,36H,11,15-16,33H2,1H3,(H,34,37)/t22-/m1/s1. The lowest BCUT2D eigenvalue weighted by Crippen LogP contribution is -2.30. The first-order valence-electron chi connectivity index (χ1n) is 12.5. The quantitative estimate of drug-likeness (QED) is 0.226. The zero-order valence-corrected chi connectivity index (χ0v) is 21.5. The molecule has 6 rings (SSSR count). The van der Waals surface area contributed by atoms with E-state index in [9.17, 15) is 14.7 Å². The van der Waals surface area contributed by atoms with Gasteiger partial charge in [-0.1, -0.05) is 24.3 Å². The molecule has 0 saturated heterocycles. The number of aryl methyl sites for hydroxylation is 1. The summed E-state index contributed by atoms with van der Waals surface area (Å²) in [5.41, 5.74) is 12.7. The summed E-state index contributed by atoms with van der Waals surface area (Å²) in [6.45, 7) is 2.44. The van der Waals surface area contributed by atoms with Gasteiger partial charge in [-0.3, -0.25) is 9.59 Å². The Bertz CT molecular complexity index is 1660. The average molecular weight is 524 g/mol. The van der Waals surface area contributed by atoms with Crippen molar-refractivity contribution in [3.05, 3.63) is 100 Å². The molecular weight excluding hydrogens is 498 g/mol. The number of rotatable bonds is 4. The maximum Gasteiger partial charge on any atom is 0.258 e. The van der Waals surface area contributed by atoms with Crippen molar-refractivity contribution in [1.29, 1.82) is 0 Å². The number of nitrogens with zero attached hydrogens (tertiary/aromatic N) is 1. The summed E-state index contributed by atoms with van der Waals surface area (Å²) in [4.78, 5) is 28.3. The van der Waals surface area contributed by atoms with Crippen LogP contribution in [-0.2, 0) is 11.2 Å². The lowest BCUT2D eigenvalue weighted by molar-refractivity contribution is -0.112. The first-order chi connectivity index (χ1) is 18.3. The van der Waals surface area contributed by atoms with Gasteiger partial charge in [-0.15, -0.1) is 11.6 Å². The molecule has 4 aromatic rings. The van der Waals surface area contributed by atoms with Crippen molar-refractivity contribution in [2.75, 3.05) is 28.4 Å². The molecule has 1 atom stereocenters. The highest BCUT2D eigenvalue weighted by Crippen LogP contribution is 2.46. The minimum absolute atomic E-state index is 0.0437. The molecule has 2 amide bonds. The highest BCUT2D eigenvalue weighted by molar-refractivity contribution is 6.19. The number of carbonyl (C=O) groups excluding carboxylic acids is 2. The molecule has 38 heavy (non-hydrogen) atoms. The molecule has 0 spiro atoms. The number of aromatic hydroxyl groups is 1. The van der Waals surface area contributed by atoms with E-state index in [-0.39, 0.29) is 23.5 Å². The Morgan fingerprint density at radius 3 is 2.66 bits per heavy atom. The predicted octanol–water partition coefficient (Wildman–Crippen LogP) is 6.00. The molecule has 1 aliphatic carbocycles. The van der Waals surface area contributed by atoms with E-state index in [1.54, 1.807) is 41.3 Å². The summed E-state index contributed by atoms with van der Waals surface area (Å²) >= 11 is 6.38. The summed E-state index contributed by atoms with van der Waals surface area (Å²) in [6.07, 6.45) is 2.32. The molecule has 0 fully saturated rings. The minimum Gasteiger partial charge on any atom is -0.507 e. The van der Waals surface area contributed by atoms with Crippen molar-refractivity contribution in [1.82, 2.24) is 0 Å². The van der Waals surface area contributed by atoms with Gasteiger partial charge in [-0.2, -0.15) is 0 Å². The van der Waals surface area contributed by atoms with Crippen molar-refractivity contribution >= 4 is 57.3 Å². The topological polar surface area (TPSA) is 95.7 Å². The van der Waals surface area contributed by atoms with E-state index in [0.717, 1.165) is 33.0 Å². The number of hydrogen-bond donors (Lipinski definition) is 3. The van der Waals surface area contributed by atoms with Crippen molar-refractivity contribution in [2.24, 2.45) is 0 Å². The second-order valence-electron chi connectivity index (χ2n) is 9.93. The first-order valence-corrected chi connectivity index (χ1v) is 13.0. The molecule has 1 aliphatic heterocycles. The van der Waals surface area contributed by atoms with Gasteiger partial charge in [0.2, 0.25) is 0 Å². The molecule has 0 radical (unpaired) electrons. The maximum absolute atomic E-state index is 13.8. The SMILES string of the molecule is Cc1cccc2c(O)cc3c(c12)[C@H](CCl)CN3C(=O)c1ccc2c(c1)C=C(C(=O)Nc1ccc(N)cc1)C2. The van der Waals surface area contributed by atoms with E-state index in [2.05, 4.69) is 5.32 Å². The molecule has 1 heterocycles. The fraction of sp³-hybridized carbons (Fsp3) is 0.161. The molecule has 4 N–H and O–H groups in total. The Morgan fingerprint density at radius 1 is 1.11 bits per heavy atom. The van der Waals surface area contributed by atoms with Gasteiger partial charge < -0.3 is 21.1 Å². The van der Waals surface area contributed by atoms with E-state index in [4.69, 9.17) is 17.3 Å². The number of fused-ring (bicyclic) bond motifs is 4. The van der Waals surface area contributed by atoms with E-state index < -0.39 is 0 Å². The number of nitrogens with one attached hydrogen (secondary N) is 1. The normalized spacial score (nSPS) is 15.8. The molecule has 0 saturated carbocycles. The number of nitrogen functional groups attached to an aromatic ring is 1. The minimum atomic E-state index is -0.185. The molecule has 190 valence electrons. The smallest absolute Gasteiger partial charge is 0.258 e. The molecule has 0 aromatic heterocycles. The summed E-state index contributed by atoms with van der Waals surface area (Å²) in [6, 6.07) is 20.0. The van der Waals surface area contributed by atoms with Crippen molar-refractivity contribution in [3.8, 4) is 5.75 Å². The number of anilines is 3. The molecule has 7 heteroatoms. The third-order valence-corrected chi connectivity index (χ3v) is 7.84. The lowest BCUT2D eigenvalue weighted by Gasteiger charge is -2.19. The monoisotopic (exact) mass is 523 g/mol. The second kappa shape index (κ2) is 9.23. The van der Waals surface area contributed by atoms with Crippen LogP contribution in [0.1, 0.15) is 38.5 Å². The number of phenolic OH excluding ortho intramolecular Hbond substituents is 1. The number of halogens is 1. The summed E-state index contributed by atoms with van der Waals surface area (Å²) in [7, 11) is 0. The van der Waals surface area contributed by atoms with Crippen molar-refractivity contribution < 1.29 is 14.7 Å². The first kappa shape index (κ1) is 24.1. The van der Waals surface area contributed by atoms with Crippen LogP contribution in [0.5, 0.6) is 5.75 Å². The zero-order chi connectivity index (χ0) is 26.6. The largest absolute Gasteiger partial charge is 0.507 e. The summed E-state index contributed by atoms with van der Waals surface area (Å²) in [5, 5.41) is 15.4. The number of benzene rings is 4. The number of hydrogen-bond acceptors (Lipinski definition) is 4. The highest BCUT2D eigenvalue weighted by Gasteiger charge is 2.35. The van der Waals surface area contributed by atoms with Crippen LogP contribution in [0.4, 0.5) is 17.1 Å². The van der Waals surface area contributed by atoms with Crippen LogP contribution in [0.3, 0.4) is 0 Å². The third-order valence-electron chi connectivity index (χ3n) is 7.46. The van der Waals surface area contributed by atoms with E-state index in [1.807, 2.05) is 43.3 Å². The fourth-order valence-electron chi connectivity index (χ4n) is 5.56. The van der Waals surface area contributed by atoms with Crippen LogP contribution in [0.25, 0.3) is 16.8 Å². The number of amides is 2. The van der Waals surface area contributed by atoms with Crippen LogP contribution < -0.4 is 16.0 Å². The number of phenols is 1. The Kier molecular flexibility index (Phi) is 5.84. The van der Waals surface area contributed by atoms with Gasteiger partial charge in [-0.05, 0) is 77.0 Å². The van der Waals surface area contributed by atoms with Gasteiger partial charge in [-0.25, -0.2) is 0 Å². The van der Waals surface area contributed by atoms with Gasteiger partial charge in [0, 0.05) is 58.7 Å². The van der Waals surface area contributed by atoms with E-state index >= 15 is 0 Å². The average Bonchev–Trinajstić information content (AvgIpc) is 3.51. The Morgan fingerprint density at radius 2 is 1.89 bits per heavy atom. The lowest BCUT2D eigenvalue weighted by atomic mass is 9.92. The van der Waals surface area contributed by atoms with Crippen molar-refractivity contribution in [3.63, 3.8) is 0 Å². The molecule has 2 aliphatic rings. The summed E-state index contributed by atoms with van der Waals surface area (Å²) < 4.78 is 0. The number of nitrogens with two attached hydrogens (primary N) is 1. The Hall–Kier alpha value is -4.29. The van der Waals surface area contributed by atoms with Crippen LogP contribution >= 0.6 is 11.6 Å². The Labute approximate surface area is 225 Å². The van der Waals surface area contributed by atoms with Gasteiger partial charge >= 0.3 is 0 Å². The van der Waals surface area contributed by atoms with Gasteiger partial charge in [0.05, 0.1) is 5.69 Å². The maximum atomic E-state index is 13.8. The second-order valence-corrected chi connectivity index (χ2v) is 10.2. The Balaban J connectivity index is 1.31. The molecular formula is C31H26ClN3O3. The van der Waals surface area contributed by atoms with Gasteiger partial charge in [0.1, 0.15) is 5.75 Å². The molecule has 0 bridgehead atoms. The van der Waals surface area contributed by atoms with Crippen molar-refractivity contribution in [2.45, 2.75) is 19.3 Å². The van der Waals surface area contributed by atoms with E-state index in [0.29, 0.717) is 47.0 Å². The molecule has 0 unspecified atom stereocenters. The van der Waals surface area contributed by atoms with E-state index in [1.165, 1.54) is 0 Å². The van der Waals surface area contributed by atoms with Crippen LogP contribution in [-0.4, -0.2) is 29.3 Å². The van der Waals surface area contributed by atoms with Crippen LogP contribution in [0.2, 0.25) is 0 Å². The molecule has 6 nitrogen and oxygen atoms in total. The number of alkyl halides is 1. The summed E-state index contributed by atoms with van der Waals surface area (Å²) in [5.74, 6) is 0.115.